The molecule has 5 unspecified atom stereocenters. The number of nitrogens with zero attached hydrogens (tertiary/aromatic N) is 2. The third kappa shape index (κ3) is 4.33. The highest BCUT2D eigenvalue weighted by atomic mass is 16.5. The molecule has 10 nitrogen and oxygen atoms in total. The Labute approximate surface area is 209 Å². The van der Waals surface area contributed by atoms with E-state index in [0.29, 0.717) is 36.3 Å². The number of Topliss-reactive ketones (excluding diaryl/α,β-unsaturated/α-hetero) is 1. The Balaban J connectivity index is 1.39. The van der Waals surface area contributed by atoms with Crippen molar-refractivity contribution < 1.29 is 23.9 Å². The van der Waals surface area contributed by atoms with Gasteiger partial charge in [0.05, 0.1) is 18.7 Å². The molecule has 5 atom stereocenters. The number of hydrogen-bond acceptors (Lipinski definition) is 6. The fraction of sp³-hybridized carbons (Fsp3) is 0.577. The number of hydrogen-bond donors (Lipinski definition) is 3. The van der Waals surface area contributed by atoms with Crippen molar-refractivity contribution >= 4 is 34.5 Å². The minimum atomic E-state index is -0.746. The number of para-hydroxylation sites is 1. The van der Waals surface area contributed by atoms with Gasteiger partial charge in [-0.2, -0.15) is 0 Å². The van der Waals surface area contributed by atoms with Gasteiger partial charge in [-0.05, 0) is 49.7 Å². The Morgan fingerprint density at radius 3 is 2.81 bits per heavy atom. The number of imidazole rings is 1. The number of aromatic amines is 1. The Morgan fingerprint density at radius 1 is 1.25 bits per heavy atom. The number of amides is 3. The summed E-state index contributed by atoms with van der Waals surface area (Å²) < 4.78 is 5.37. The van der Waals surface area contributed by atoms with E-state index in [4.69, 9.17) is 4.74 Å². The minimum Gasteiger partial charge on any atom is -0.494 e. The number of ketones is 1. The summed E-state index contributed by atoms with van der Waals surface area (Å²) in [5.41, 5.74) is 1.24. The van der Waals surface area contributed by atoms with Gasteiger partial charge < -0.3 is 25.3 Å². The first-order valence-electron chi connectivity index (χ1n) is 12.9. The van der Waals surface area contributed by atoms with Gasteiger partial charge in [-0.1, -0.05) is 19.4 Å². The molecule has 3 fully saturated rings. The lowest BCUT2D eigenvalue weighted by Gasteiger charge is -2.29. The summed E-state index contributed by atoms with van der Waals surface area (Å²) in [5.74, 6) is -0.129. The molecule has 1 aromatic carbocycles. The van der Waals surface area contributed by atoms with Crippen molar-refractivity contribution in [3.05, 3.63) is 24.0 Å². The van der Waals surface area contributed by atoms with Crippen molar-refractivity contribution in [3.63, 3.8) is 0 Å². The molecule has 3 aliphatic rings. The number of carbonyl (C=O) groups is 4. The van der Waals surface area contributed by atoms with E-state index in [0.717, 1.165) is 19.3 Å². The van der Waals surface area contributed by atoms with Crippen molar-refractivity contribution in [1.29, 1.82) is 0 Å². The minimum absolute atomic E-state index is 0.0417. The van der Waals surface area contributed by atoms with Crippen LogP contribution in [-0.4, -0.2) is 70.7 Å². The molecule has 3 N–H and O–H groups in total. The number of fused-ring (bicyclic) bond motifs is 2. The normalized spacial score (nSPS) is 26.1. The van der Waals surface area contributed by atoms with Crippen molar-refractivity contribution in [1.82, 2.24) is 25.5 Å². The quantitative estimate of drug-likeness (QED) is 0.511. The number of nitrogens with one attached hydrogen (secondary N) is 3. The van der Waals surface area contributed by atoms with Crippen molar-refractivity contribution in [3.8, 4) is 5.75 Å². The number of H-pyrrole nitrogens is 1. The summed E-state index contributed by atoms with van der Waals surface area (Å²) in [5, 5.41) is 5.73. The highest BCUT2D eigenvalue weighted by Crippen LogP contribution is 2.43. The van der Waals surface area contributed by atoms with Crippen LogP contribution in [-0.2, 0) is 14.4 Å². The standard InChI is InChI=1S/C26H33N5O5/c1-3-19(32)18(12-14-10-11-27-24(14)33)29-25(34)22-16-7-4-6-15(16)13-31(22)26(35)23-28-17-8-5-9-20(36-2)21(17)30-23/h5,8-9,14-16,18,22H,3-4,6-7,10-13H2,1-2H3,(H,27,33)(H,28,30)(H,29,34). The van der Waals surface area contributed by atoms with E-state index in [1.54, 1.807) is 25.0 Å². The molecule has 0 radical (unpaired) electrons. The molecule has 1 saturated carbocycles. The Bertz CT molecular complexity index is 1190. The van der Waals surface area contributed by atoms with E-state index in [-0.39, 0.29) is 59.9 Å². The van der Waals surface area contributed by atoms with Crippen LogP contribution in [0.25, 0.3) is 11.0 Å². The van der Waals surface area contributed by atoms with E-state index >= 15 is 0 Å². The lowest BCUT2D eigenvalue weighted by Crippen LogP contribution is -2.53. The summed E-state index contributed by atoms with van der Waals surface area (Å²) in [7, 11) is 1.55. The number of carbonyl (C=O) groups excluding carboxylic acids is 4. The van der Waals surface area contributed by atoms with Gasteiger partial charge in [0.25, 0.3) is 5.91 Å². The zero-order valence-corrected chi connectivity index (χ0v) is 20.7. The first kappa shape index (κ1) is 24.3. The maximum Gasteiger partial charge on any atom is 0.290 e. The second kappa shape index (κ2) is 9.91. The molecule has 2 saturated heterocycles. The molecule has 3 amide bonds. The second-order valence-electron chi connectivity index (χ2n) is 10.1. The van der Waals surface area contributed by atoms with Gasteiger partial charge in [0.1, 0.15) is 17.3 Å². The SMILES string of the molecule is CCC(=O)C(CC1CCNC1=O)NC(=O)C1C2CCCC2CN1C(=O)c1nc2c(OC)cccc2[nH]1. The van der Waals surface area contributed by atoms with Crippen LogP contribution in [0.5, 0.6) is 5.75 Å². The van der Waals surface area contributed by atoms with Gasteiger partial charge in [-0.3, -0.25) is 19.2 Å². The monoisotopic (exact) mass is 495 g/mol. The van der Waals surface area contributed by atoms with Gasteiger partial charge in [0.15, 0.2) is 11.6 Å². The summed E-state index contributed by atoms with van der Waals surface area (Å²) in [6, 6.07) is 4.00. The van der Waals surface area contributed by atoms with Crippen molar-refractivity contribution in [2.45, 2.75) is 57.5 Å². The molecular formula is C26H33N5O5. The van der Waals surface area contributed by atoms with Crippen LogP contribution in [0.15, 0.2) is 18.2 Å². The summed E-state index contributed by atoms with van der Waals surface area (Å²) >= 11 is 0. The molecule has 0 spiro atoms. The molecule has 36 heavy (non-hydrogen) atoms. The van der Waals surface area contributed by atoms with Gasteiger partial charge >= 0.3 is 0 Å². The third-order valence-electron chi connectivity index (χ3n) is 8.05. The van der Waals surface area contributed by atoms with Gasteiger partial charge in [0, 0.05) is 25.4 Å². The average molecular weight is 496 g/mol. The van der Waals surface area contributed by atoms with Crippen LogP contribution in [0.3, 0.4) is 0 Å². The molecule has 10 heteroatoms. The zero-order valence-electron chi connectivity index (χ0n) is 20.7. The van der Waals surface area contributed by atoms with Gasteiger partial charge in [-0.25, -0.2) is 4.98 Å². The number of ether oxygens (including phenoxy) is 1. The lowest BCUT2D eigenvalue weighted by molar-refractivity contribution is -0.132. The summed E-state index contributed by atoms with van der Waals surface area (Å²) in [6.07, 6.45) is 4.03. The van der Waals surface area contributed by atoms with E-state index in [9.17, 15) is 19.2 Å². The topological polar surface area (TPSA) is 133 Å². The molecule has 2 aromatic rings. The highest BCUT2D eigenvalue weighted by molar-refractivity contribution is 5.99. The fourth-order valence-electron chi connectivity index (χ4n) is 6.19. The number of benzene rings is 1. The maximum atomic E-state index is 13.7. The average Bonchev–Trinajstić information content (AvgIpc) is 3.66. The predicted octanol–water partition coefficient (Wildman–Crippen LogP) is 1.80. The molecule has 2 aliphatic heterocycles. The summed E-state index contributed by atoms with van der Waals surface area (Å²) in [6.45, 7) is 2.82. The van der Waals surface area contributed by atoms with Crippen LogP contribution >= 0.6 is 0 Å². The molecule has 3 heterocycles. The number of methoxy groups -OCH3 is 1. The predicted molar refractivity (Wildman–Crippen MR) is 131 cm³/mol. The van der Waals surface area contributed by atoms with E-state index in [1.165, 1.54) is 0 Å². The first-order valence-corrected chi connectivity index (χ1v) is 12.9. The number of likely N-dealkylation sites (tertiary alicyclic amines) is 1. The van der Waals surface area contributed by atoms with Gasteiger partial charge in [0.2, 0.25) is 11.8 Å². The Hall–Kier alpha value is -3.43. The molecule has 1 aliphatic carbocycles. The number of rotatable bonds is 8. The summed E-state index contributed by atoms with van der Waals surface area (Å²) in [4.78, 5) is 61.4. The van der Waals surface area contributed by atoms with Crippen molar-refractivity contribution in [2.75, 3.05) is 20.2 Å². The van der Waals surface area contributed by atoms with Crippen LogP contribution in [0.1, 0.15) is 56.1 Å². The second-order valence-corrected chi connectivity index (χ2v) is 10.1. The van der Waals surface area contributed by atoms with Crippen LogP contribution in [0.4, 0.5) is 0 Å². The molecular weight excluding hydrogens is 462 g/mol. The Kier molecular flexibility index (Phi) is 6.68. The first-order chi connectivity index (χ1) is 17.4. The van der Waals surface area contributed by atoms with Crippen LogP contribution in [0, 0.1) is 17.8 Å². The molecule has 1 aromatic heterocycles. The fourth-order valence-corrected chi connectivity index (χ4v) is 6.19. The van der Waals surface area contributed by atoms with E-state index in [1.807, 2.05) is 12.1 Å². The molecule has 192 valence electrons. The van der Waals surface area contributed by atoms with Crippen LogP contribution < -0.4 is 15.4 Å². The zero-order chi connectivity index (χ0) is 25.4. The third-order valence-corrected chi connectivity index (χ3v) is 8.05. The van der Waals surface area contributed by atoms with E-state index < -0.39 is 12.1 Å². The smallest absolute Gasteiger partial charge is 0.290 e. The van der Waals surface area contributed by atoms with Crippen molar-refractivity contribution in [2.24, 2.45) is 17.8 Å². The van der Waals surface area contributed by atoms with Crippen LogP contribution in [0.2, 0.25) is 0 Å². The highest BCUT2D eigenvalue weighted by Gasteiger charge is 2.50. The lowest BCUT2D eigenvalue weighted by atomic mass is 9.91. The molecule has 5 rings (SSSR count). The van der Waals surface area contributed by atoms with Gasteiger partial charge in [-0.15, -0.1) is 0 Å². The largest absolute Gasteiger partial charge is 0.494 e. The number of aromatic nitrogens is 2. The Morgan fingerprint density at radius 2 is 2.08 bits per heavy atom. The maximum absolute atomic E-state index is 13.7. The van der Waals surface area contributed by atoms with E-state index in [2.05, 4.69) is 20.6 Å². The molecule has 0 bridgehead atoms.